The standard InChI is InChI=1S/C33H60N4O10/c1-11-24-33(7)27(36-31(42)47-33)21(5)35-16-18(2)15-32(6,43-10)28(19(3)25(39)20(4)29(41)45-24)46-30-26(40)23(37(8)9)14-22(44-30)17-34-12-13-38/h18-24,26-28,30,34-35,38,40H,11-17H2,1-10H3,(H,36,42)/t18-,19+,20?,21-,22?,23?,24-,26?,27-,28-,30?,32-,33-/m1/s1. The van der Waals surface area contributed by atoms with Crippen molar-refractivity contribution in [3.05, 3.63) is 0 Å². The molecule has 47 heavy (non-hydrogen) atoms. The van der Waals surface area contributed by atoms with Gasteiger partial charge in [-0.25, -0.2) is 4.79 Å². The van der Waals surface area contributed by atoms with Crippen LogP contribution in [0.2, 0.25) is 0 Å². The molecule has 3 aliphatic rings. The number of fused-ring (bicyclic) bond motifs is 1. The average molecular weight is 673 g/mol. The van der Waals surface area contributed by atoms with Crippen LogP contribution in [0.1, 0.15) is 67.7 Å². The van der Waals surface area contributed by atoms with Crippen LogP contribution < -0.4 is 16.0 Å². The van der Waals surface area contributed by atoms with Crippen LogP contribution in [0.3, 0.4) is 0 Å². The number of esters is 1. The number of nitrogens with one attached hydrogen (secondary N) is 3. The maximum absolute atomic E-state index is 14.1. The van der Waals surface area contributed by atoms with E-state index in [-0.39, 0.29) is 30.7 Å². The topological polar surface area (TPSA) is 177 Å². The number of hydrogen-bond donors (Lipinski definition) is 5. The van der Waals surface area contributed by atoms with Gasteiger partial charge in [0.15, 0.2) is 17.7 Å². The second-order valence-electron chi connectivity index (χ2n) is 14.3. The lowest BCUT2D eigenvalue weighted by Gasteiger charge is -2.47. The first kappa shape index (κ1) is 39.5. The van der Waals surface area contributed by atoms with Crippen LogP contribution in [0.5, 0.6) is 0 Å². The quantitative estimate of drug-likeness (QED) is 0.132. The number of Topliss-reactive ketones (excluding diaryl/α,β-unsaturated/α-hetero) is 1. The van der Waals surface area contributed by atoms with Crippen LogP contribution in [-0.4, -0.2) is 140 Å². The number of hydrogen-bond acceptors (Lipinski definition) is 13. The molecule has 0 aromatic rings. The molecule has 3 rings (SSSR count). The fraction of sp³-hybridized carbons (Fsp3) is 0.909. The van der Waals surface area contributed by atoms with E-state index in [1.165, 1.54) is 6.92 Å². The molecule has 13 atom stereocenters. The first-order valence-electron chi connectivity index (χ1n) is 17.0. The molecular weight excluding hydrogens is 612 g/mol. The molecule has 3 fully saturated rings. The van der Waals surface area contributed by atoms with Crippen molar-refractivity contribution in [2.24, 2.45) is 17.8 Å². The van der Waals surface area contributed by atoms with Crippen LogP contribution >= 0.6 is 0 Å². The van der Waals surface area contributed by atoms with E-state index in [0.717, 1.165) is 0 Å². The minimum atomic E-state index is -1.17. The van der Waals surface area contributed by atoms with E-state index in [4.69, 9.17) is 23.7 Å². The Morgan fingerprint density at radius 1 is 1.13 bits per heavy atom. The Kier molecular flexibility index (Phi) is 14.0. The number of carbonyl (C=O) groups is 3. The summed E-state index contributed by atoms with van der Waals surface area (Å²) in [5.74, 6) is -3.17. The van der Waals surface area contributed by atoms with Crippen LogP contribution in [0.4, 0.5) is 4.79 Å². The summed E-state index contributed by atoms with van der Waals surface area (Å²) < 4.78 is 30.8. The Morgan fingerprint density at radius 3 is 2.40 bits per heavy atom. The molecule has 0 aliphatic carbocycles. The van der Waals surface area contributed by atoms with Gasteiger partial charge < -0.3 is 54.7 Å². The molecule has 3 saturated heterocycles. The predicted molar refractivity (Wildman–Crippen MR) is 174 cm³/mol. The van der Waals surface area contributed by atoms with Gasteiger partial charge >= 0.3 is 12.1 Å². The van der Waals surface area contributed by atoms with Crippen molar-refractivity contribution in [2.75, 3.05) is 47.4 Å². The number of rotatable bonds is 9. The smallest absolute Gasteiger partial charge is 0.408 e. The molecule has 3 aliphatic heterocycles. The monoisotopic (exact) mass is 672 g/mol. The maximum atomic E-state index is 14.1. The van der Waals surface area contributed by atoms with Gasteiger partial charge in [-0.3, -0.25) is 9.59 Å². The zero-order valence-electron chi connectivity index (χ0n) is 29.9. The Hall–Kier alpha value is -1.91. The summed E-state index contributed by atoms with van der Waals surface area (Å²) in [5.41, 5.74) is -2.22. The number of amides is 1. The lowest BCUT2D eigenvalue weighted by Crippen LogP contribution is -2.60. The lowest BCUT2D eigenvalue weighted by atomic mass is 9.78. The second-order valence-corrected chi connectivity index (χ2v) is 14.3. The van der Waals surface area contributed by atoms with Gasteiger partial charge in [0.2, 0.25) is 0 Å². The van der Waals surface area contributed by atoms with Crippen molar-refractivity contribution in [3.63, 3.8) is 0 Å². The van der Waals surface area contributed by atoms with Gasteiger partial charge in [0.1, 0.15) is 18.1 Å². The Bertz CT molecular complexity index is 1070. The number of alkyl carbamates (subject to hydrolysis) is 1. The summed E-state index contributed by atoms with van der Waals surface area (Å²) in [6.45, 7) is 14.0. The zero-order chi connectivity index (χ0) is 35.3. The van der Waals surface area contributed by atoms with Gasteiger partial charge in [0.25, 0.3) is 0 Å². The molecule has 0 spiro atoms. The van der Waals surface area contributed by atoms with Crippen molar-refractivity contribution in [2.45, 2.75) is 128 Å². The van der Waals surface area contributed by atoms with Crippen LogP contribution in [-0.2, 0) is 33.3 Å². The molecule has 0 aromatic heterocycles. The van der Waals surface area contributed by atoms with Crippen molar-refractivity contribution < 1.29 is 48.3 Å². The van der Waals surface area contributed by atoms with Gasteiger partial charge in [-0.15, -0.1) is 0 Å². The first-order chi connectivity index (χ1) is 22.0. The molecule has 0 saturated carbocycles. The molecule has 3 heterocycles. The number of ketones is 1. The molecule has 0 radical (unpaired) electrons. The highest BCUT2D eigenvalue weighted by molar-refractivity contribution is 6.00. The van der Waals surface area contributed by atoms with Gasteiger partial charge in [-0.2, -0.15) is 0 Å². The van der Waals surface area contributed by atoms with E-state index in [1.807, 2.05) is 39.8 Å². The van der Waals surface area contributed by atoms with E-state index in [0.29, 0.717) is 38.9 Å². The molecule has 14 nitrogen and oxygen atoms in total. The van der Waals surface area contributed by atoms with Crippen molar-refractivity contribution in [3.8, 4) is 0 Å². The largest absolute Gasteiger partial charge is 0.458 e. The van der Waals surface area contributed by atoms with E-state index in [2.05, 4.69) is 22.9 Å². The lowest BCUT2D eigenvalue weighted by molar-refractivity contribution is -0.297. The normalized spacial score (nSPS) is 42.6. The molecule has 1 amide bonds. The van der Waals surface area contributed by atoms with Crippen LogP contribution in [0.25, 0.3) is 0 Å². The number of carbonyl (C=O) groups excluding carboxylic acids is 3. The van der Waals surface area contributed by atoms with E-state index in [9.17, 15) is 24.6 Å². The number of nitrogens with zero attached hydrogens (tertiary/aromatic N) is 1. The molecule has 0 bridgehead atoms. The van der Waals surface area contributed by atoms with Gasteiger partial charge in [0.05, 0.1) is 30.5 Å². The summed E-state index contributed by atoms with van der Waals surface area (Å²) in [6, 6.07) is -1.06. The summed E-state index contributed by atoms with van der Waals surface area (Å²) in [7, 11) is 5.32. The number of methoxy groups -OCH3 is 1. The number of aliphatic hydroxyl groups excluding tert-OH is 2. The highest BCUT2D eigenvalue weighted by atomic mass is 16.7. The van der Waals surface area contributed by atoms with E-state index in [1.54, 1.807) is 21.0 Å². The summed E-state index contributed by atoms with van der Waals surface area (Å²) in [4.78, 5) is 42.1. The Labute approximate surface area is 279 Å². The minimum absolute atomic E-state index is 0.00429. The third kappa shape index (κ3) is 9.01. The molecule has 5 N–H and O–H groups in total. The number of aliphatic hydroxyl groups is 2. The number of cyclic esters (lactones) is 1. The van der Waals surface area contributed by atoms with Crippen molar-refractivity contribution >= 4 is 17.8 Å². The summed E-state index contributed by atoms with van der Waals surface area (Å²) >= 11 is 0. The fourth-order valence-corrected chi connectivity index (χ4v) is 7.50. The van der Waals surface area contributed by atoms with Gasteiger partial charge in [-0.05, 0) is 73.5 Å². The maximum Gasteiger partial charge on any atom is 0.408 e. The first-order valence-corrected chi connectivity index (χ1v) is 17.0. The molecule has 0 aromatic carbocycles. The van der Waals surface area contributed by atoms with Crippen molar-refractivity contribution in [1.82, 2.24) is 20.9 Å². The fourth-order valence-electron chi connectivity index (χ4n) is 7.50. The van der Waals surface area contributed by atoms with Crippen LogP contribution in [0, 0.1) is 17.8 Å². The molecule has 272 valence electrons. The van der Waals surface area contributed by atoms with Crippen LogP contribution in [0.15, 0.2) is 0 Å². The third-order valence-corrected chi connectivity index (χ3v) is 10.4. The highest BCUT2D eigenvalue weighted by Gasteiger charge is 2.55. The summed E-state index contributed by atoms with van der Waals surface area (Å²) in [5, 5.41) is 30.3. The second kappa shape index (κ2) is 16.7. The zero-order valence-corrected chi connectivity index (χ0v) is 29.9. The average Bonchev–Trinajstić information content (AvgIpc) is 3.34. The number of likely N-dealkylation sites (N-methyl/N-ethyl adjacent to an activating group) is 1. The molecule has 5 unspecified atom stereocenters. The van der Waals surface area contributed by atoms with Crippen molar-refractivity contribution in [1.29, 1.82) is 0 Å². The highest BCUT2D eigenvalue weighted by Crippen LogP contribution is 2.37. The van der Waals surface area contributed by atoms with E-state index >= 15 is 0 Å². The Morgan fingerprint density at radius 2 is 1.81 bits per heavy atom. The SMILES string of the molecule is CC[C@H]1OC(=O)C(C)C(=O)[C@H](C)[C@@H](OC2OC(CNCCO)CC(N(C)C)C2O)[C@](C)(OC)C[C@@H](C)CN[C@H](C)[C@H]2NC(=O)O[C@@]21C. The third-order valence-electron chi connectivity index (χ3n) is 10.4. The minimum Gasteiger partial charge on any atom is -0.458 e. The van der Waals surface area contributed by atoms with Gasteiger partial charge in [-0.1, -0.05) is 20.8 Å². The molecular formula is C33H60N4O10. The van der Waals surface area contributed by atoms with Gasteiger partial charge in [0, 0.05) is 38.2 Å². The van der Waals surface area contributed by atoms with E-state index < -0.39 is 71.5 Å². The number of ether oxygens (including phenoxy) is 5. The molecule has 14 heteroatoms. The summed E-state index contributed by atoms with van der Waals surface area (Å²) in [6.07, 6.45) is -3.46. The predicted octanol–water partition coefficient (Wildman–Crippen LogP) is 0.813. The Balaban J connectivity index is 2.01.